The quantitative estimate of drug-likeness (QED) is 0.590. The van der Waals surface area contributed by atoms with Gasteiger partial charge in [-0.25, -0.2) is 4.52 Å². The van der Waals surface area contributed by atoms with E-state index in [4.69, 9.17) is 21.1 Å². The molecule has 1 saturated carbocycles. The molecule has 2 fully saturated rings. The van der Waals surface area contributed by atoms with Crippen molar-refractivity contribution in [2.24, 2.45) is 0 Å². The summed E-state index contributed by atoms with van der Waals surface area (Å²) in [5.41, 5.74) is 1.49. The van der Waals surface area contributed by atoms with Crippen molar-refractivity contribution in [2.75, 3.05) is 25.6 Å². The van der Waals surface area contributed by atoms with E-state index >= 15 is 0 Å². The summed E-state index contributed by atoms with van der Waals surface area (Å²) in [6.07, 6.45) is 2.23. The van der Waals surface area contributed by atoms with Gasteiger partial charge in [0.25, 0.3) is 5.91 Å². The third kappa shape index (κ3) is 4.12. The molecule has 3 aromatic rings. The van der Waals surface area contributed by atoms with Crippen LogP contribution in [0.1, 0.15) is 35.7 Å². The van der Waals surface area contributed by atoms with Crippen LogP contribution >= 0.6 is 11.6 Å². The summed E-state index contributed by atoms with van der Waals surface area (Å²) in [4.78, 5) is 19.9. The molecule has 1 aromatic carbocycles. The molecule has 1 aliphatic carbocycles. The molecule has 5 rings (SSSR count). The van der Waals surface area contributed by atoms with E-state index in [2.05, 4.69) is 15.4 Å². The Kier molecular flexibility index (Phi) is 5.64. The summed E-state index contributed by atoms with van der Waals surface area (Å²) >= 11 is 6.06. The van der Waals surface area contributed by atoms with Crippen molar-refractivity contribution in [3.8, 4) is 5.75 Å². The molecule has 0 bridgehead atoms. The van der Waals surface area contributed by atoms with Gasteiger partial charge in [-0.05, 0) is 43.5 Å². The Balaban J connectivity index is 1.42. The standard InChI is InChI=1S/C23H26ClN5O4/c1-14-11-28(23(13-33-14)8-18(30)9-23)21(31)16-7-19(32-2)20-26-22(27-29(20)12-16)25-10-15-4-3-5-17(24)6-15/h3-7,12,14,18,30H,8-11,13H2,1-2H3,(H,25,27)/t14-,18?,23?/m0/s1. The van der Waals surface area contributed by atoms with Crippen molar-refractivity contribution in [3.05, 3.63) is 52.7 Å². The highest BCUT2D eigenvalue weighted by molar-refractivity contribution is 6.30. The van der Waals surface area contributed by atoms with Gasteiger partial charge in [0.05, 0.1) is 37.0 Å². The molecule has 0 radical (unpaired) electrons. The van der Waals surface area contributed by atoms with Crippen LogP contribution in [-0.2, 0) is 11.3 Å². The first-order valence-corrected chi connectivity index (χ1v) is 11.3. The number of aliphatic hydroxyl groups excluding tert-OH is 1. The molecule has 1 saturated heterocycles. The maximum Gasteiger partial charge on any atom is 0.256 e. The molecule has 3 heterocycles. The number of carbonyl (C=O) groups excluding carboxylic acids is 1. The first kappa shape index (κ1) is 21.9. The van der Waals surface area contributed by atoms with Crippen LogP contribution in [0.15, 0.2) is 36.5 Å². The van der Waals surface area contributed by atoms with Crippen molar-refractivity contribution >= 4 is 29.1 Å². The fraction of sp³-hybridized carbons (Fsp3) is 0.435. The van der Waals surface area contributed by atoms with Crippen LogP contribution in [0.5, 0.6) is 5.75 Å². The lowest BCUT2D eigenvalue weighted by atomic mass is 9.72. The van der Waals surface area contributed by atoms with Crippen LogP contribution in [0, 0.1) is 0 Å². The summed E-state index contributed by atoms with van der Waals surface area (Å²) in [6, 6.07) is 9.23. The highest BCUT2D eigenvalue weighted by Crippen LogP contribution is 2.42. The lowest BCUT2D eigenvalue weighted by Gasteiger charge is -2.55. The molecular weight excluding hydrogens is 446 g/mol. The van der Waals surface area contributed by atoms with Crippen LogP contribution in [-0.4, -0.2) is 68.5 Å². The Morgan fingerprint density at radius 2 is 2.21 bits per heavy atom. The summed E-state index contributed by atoms with van der Waals surface area (Å²) in [5, 5.41) is 18.3. The molecule has 1 spiro atoms. The number of nitrogens with zero attached hydrogens (tertiary/aromatic N) is 4. The highest BCUT2D eigenvalue weighted by atomic mass is 35.5. The number of benzene rings is 1. The smallest absolute Gasteiger partial charge is 0.256 e. The van der Waals surface area contributed by atoms with E-state index in [0.29, 0.717) is 60.5 Å². The van der Waals surface area contributed by atoms with E-state index in [0.717, 1.165) is 5.56 Å². The second-order valence-corrected chi connectivity index (χ2v) is 9.24. The molecule has 1 aliphatic heterocycles. The van der Waals surface area contributed by atoms with E-state index in [1.165, 1.54) is 7.11 Å². The maximum absolute atomic E-state index is 13.6. The van der Waals surface area contributed by atoms with Crippen molar-refractivity contribution in [1.82, 2.24) is 19.5 Å². The number of nitrogens with one attached hydrogen (secondary N) is 1. The Hall–Kier alpha value is -2.88. The van der Waals surface area contributed by atoms with Crippen molar-refractivity contribution in [2.45, 2.75) is 44.1 Å². The van der Waals surface area contributed by atoms with Gasteiger partial charge in [0, 0.05) is 24.3 Å². The molecule has 1 atom stereocenters. The minimum atomic E-state index is -0.461. The second-order valence-electron chi connectivity index (χ2n) is 8.81. The molecule has 10 heteroatoms. The summed E-state index contributed by atoms with van der Waals surface area (Å²) in [6.45, 7) is 3.34. The van der Waals surface area contributed by atoms with Gasteiger partial charge < -0.3 is 24.8 Å². The molecule has 2 aliphatic rings. The number of halogens is 1. The second kappa shape index (κ2) is 8.48. The molecule has 1 amide bonds. The van der Waals surface area contributed by atoms with Gasteiger partial charge in [-0.1, -0.05) is 23.7 Å². The van der Waals surface area contributed by atoms with E-state index in [-0.39, 0.29) is 12.0 Å². The maximum atomic E-state index is 13.6. The molecular formula is C23H26ClN5O4. The monoisotopic (exact) mass is 471 g/mol. The number of aliphatic hydroxyl groups is 1. The number of pyridine rings is 1. The number of morpholine rings is 1. The minimum Gasteiger partial charge on any atom is -0.493 e. The number of hydrogen-bond acceptors (Lipinski definition) is 7. The van der Waals surface area contributed by atoms with Crippen LogP contribution < -0.4 is 10.1 Å². The number of ether oxygens (including phenoxy) is 2. The molecule has 9 nitrogen and oxygen atoms in total. The number of fused-ring (bicyclic) bond motifs is 1. The molecule has 174 valence electrons. The number of methoxy groups -OCH3 is 1. The van der Waals surface area contributed by atoms with E-state index in [9.17, 15) is 9.90 Å². The Bertz CT molecular complexity index is 1190. The average Bonchev–Trinajstić information content (AvgIpc) is 3.20. The first-order valence-electron chi connectivity index (χ1n) is 10.9. The number of amides is 1. The molecule has 0 unspecified atom stereocenters. The zero-order valence-corrected chi connectivity index (χ0v) is 19.2. The average molecular weight is 472 g/mol. The summed E-state index contributed by atoms with van der Waals surface area (Å²) < 4.78 is 12.9. The first-order chi connectivity index (χ1) is 15.9. The van der Waals surface area contributed by atoms with Gasteiger partial charge in [-0.3, -0.25) is 4.79 Å². The normalized spacial score (nSPS) is 24.7. The zero-order chi connectivity index (χ0) is 23.2. The van der Waals surface area contributed by atoms with Crippen LogP contribution in [0.25, 0.3) is 5.65 Å². The van der Waals surface area contributed by atoms with E-state index in [1.54, 1.807) is 16.8 Å². The van der Waals surface area contributed by atoms with Crippen molar-refractivity contribution in [1.29, 1.82) is 0 Å². The summed E-state index contributed by atoms with van der Waals surface area (Å²) in [7, 11) is 1.54. The molecule has 2 N–H and O–H groups in total. The van der Waals surface area contributed by atoms with Crippen LogP contribution in [0.3, 0.4) is 0 Å². The highest BCUT2D eigenvalue weighted by Gasteiger charge is 2.53. The fourth-order valence-electron chi connectivity index (χ4n) is 4.61. The number of carbonyl (C=O) groups is 1. The summed E-state index contributed by atoms with van der Waals surface area (Å²) in [5.74, 6) is 0.728. The van der Waals surface area contributed by atoms with Crippen molar-refractivity contribution < 1.29 is 19.4 Å². The SMILES string of the molecule is COc1cc(C(=O)N2C[C@H](C)OCC23CC(O)C3)cn2nc(NCc3cccc(Cl)c3)nc12. The number of aromatic nitrogens is 3. The Labute approximate surface area is 196 Å². The fourth-order valence-corrected chi connectivity index (χ4v) is 4.83. The van der Waals surface area contributed by atoms with Gasteiger partial charge in [0.1, 0.15) is 0 Å². The molecule has 33 heavy (non-hydrogen) atoms. The van der Waals surface area contributed by atoms with Gasteiger partial charge in [0.15, 0.2) is 11.4 Å². The third-order valence-corrected chi connectivity index (χ3v) is 6.57. The molecule has 2 aromatic heterocycles. The predicted octanol–water partition coefficient (Wildman–Crippen LogP) is 2.76. The number of rotatable bonds is 5. The lowest BCUT2D eigenvalue weighted by Crippen LogP contribution is -2.68. The Morgan fingerprint density at radius 1 is 1.39 bits per heavy atom. The largest absolute Gasteiger partial charge is 0.493 e. The van der Waals surface area contributed by atoms with Crippen LogP contribution in [0.2, 0.25) is 5.02 Å². The van der Waals surface area contributed by atoms with Gasteiger partial charge >= 0.3 is 0 Å². The number of anilines is 1. The van der Waals surface area contributed by atoms with Gasteiger partial charge in [0.2, 0.25) is 5.95 Å². The zero-order valence-electron chi connectivity index (χ0n) is 18.5. The van der Waals surface area contributed by atoms with Gasteiger partial charge in [-0.2, -0.15) is 4.98 Å². The third-order valence-electron chi connectivity index (χ3n) is 6.33. The predicted molar refractivity (Wildman–Crippen MR) is 123 cm³/mol. The number of hydrogen-bond donors (Lipinski definition) is 2. The van der Waals surface area contributed by atoms with Gasteiger partial charge in [-0.15, -0.1) is 5.10 Å². The minimum absolute atomic E-state index is 0.0726. The van der Waals surface area contributed by atoms with Crippen molar-refractivity contribution in [3.63, 3.8) is 0 Å². The van der Waals surface area contributed by atoms with Crippen LogP contribution in [0.4, 0.5) is 5.95 Å². The lowest BCUT2D eigenvalue weighted by molar-refractivity contribution is -0.154. The van der Waals surface area contributed by atoms with E-state index < -0.39 is 11.6 Å². The van der Waals surface area contributed by atoms with E-state index in [1.807, 2.05) is 36.1 Å². The topological polar surface area (TPSA) is 101 Å². The Morgan fingerprint density at radius 3 is 2.94 bits per heavy atom.